The lowest BCUT2D eigenvalue weighted by Gasteiger charge is -2.20. The lowest BCUT2D eigenvalue weighted by Crippen LogP contribution is -2.45. The molecule has 0 saturated heterocycles. The normalized spacial score (nSPS) is 11.9. The Morgan fingerprint density at radius 2 is 1.62 bits per heavy atom. The number of hydrogen-bond donors (Lipinski definition) is 4. The van der Waals surface area contributed by atoms with Crippen molar-refractivity contribution in [2.75, 3.05) is 6.54 Å². The predicted molar refractivity (Wildman–Crippen MR) is 121 cm³/mol. The highest BCUT2D eigenvalue weighted by Gasteiger charge is 2.25. The van der Waals surface area contributed by atoms with Crippen LogP contribution in [0.3, 0.4) is 0 Å². The second-order valence-electron chi connectivity index (χ2n) is 8.44. The standard InChI is InChI=1S/C23H31N3O8/c1-23(2,3)33-21(30)24-14-8-7-11-17(20(29)34-26-18(27)12-13-19(26)28)25-22(31)32-15-16-9-5-4-6-10-16/h4-6,9-10,12-13,17,27-28H,7-8,11,14-15H2,1-3H3,(H,24,30)(H,25,31). The Morgan fingerprint density at radius 1 is 0.971 bits per heavy atom. The zero-order chi connectivity index (χ0) is 25.1. The number of alkyl carbamates (subject to hydrolysis) is 2. The number of aromatic nitrogens is 1. The van der Waals surface area contributed by atoms with Crippen LogP contribution in [0.1, 0.15) is 45.6 Å². The third-order valence-electron chi connectivity index (χ3n) is 4.36. The largest absolute Gasteiger partial charge is 0.492 e. The highest BCUT2D eigenvalue weighted by atomic mass is 16.7. The van der Waals surface area contributed by atoms with Crippen LogP contribution in [-0.4, -0.2) is 51.3 Å². The van der Waals surface area contributed by atoms with E-state index in [-0.39, 0.29) is 13.0 Å². The van der Waals surface area contributed by atoms with E-state index in [1.54, 1.807) is 45.0 Å². The van der Waals surface area contributed by atoms with E-state index in [0.717, 1.165) is 17.7 Å². The first-order valence-electron chi connectivity index (χ1n) is 10.8. The summed E-state index contributed by atoms with van der Waals surface area (Å²) in [5.41, 5.74) is 0.158. The van der Waals surface area contributed by atoms with E-state index in [0.29, 0.717) is 24.1 Å². The number of hydrogen-bond acceptors (Lipinski definition) is 8. The van der Waals surface area contributed by atoms with Crippen molar-refractivity contribution in [1.29, 1.82) is 0 Å². The molecule has 0 aliphatic carbocycles. The minimum atomic E-state index is -1.13. The Bertz CT molecular complexity index is 933. The number of amides is 2. The fourth-order valence-electron chi connectivity index (χ4n) is 2.78. The molecule has 11 nitrogen and oxygen atoms in total. The quantitative estimate of drug-likeness (QED) is 0.382. The molecule has 1 aromatic heterocycles. The Morgan fingerprint density at radius 3 is 2.24 bits per heavy atom. The van der Waals surface area contributed by atoms with Crippen molar-refractivity contribution >= 4 is 18.2 Å². The van der Waals surface area contributed by atoms with E-state index >= 15 is 0 Å². The molecular weight excluding hydrogens is 446 g/mol. The second kappa shape index (κ2) is 12.4. The molecule has 1 heterocycles. The topological polar surface area (TPSA) is 148 Å². The van der Waals surface area contributed by atoms with Crippen molar-refractivity contribution in [2.24, 2.45) is 0 Å². The fraction of sp³-hybridized carbons (Fsp3) is 0.435. The number of unbranched alkanes of at least 4 members (excludes halogenated alkanes) is 1. The van der Waals surface area contributed by atoms with Gasteiger partial charge in [0.25, 0.3) is 0 Å². The van der Waals surface area contributed by atoms with Gasteiger partial charge in [-0.05, 0) is 45.6 Å². The van der Waals surface area contributed by atoms with Crippen LogP contribution in [0.4, 0.5) is 9.59 Å². The van der Waals surface area contributed by atoms with Crippen molar-refractivity contribution < 1.29 is 38.9 Å². The second-order valence-corrected chi connectivity index (χ2v) is 8.44. The summed E-state index contributed by atoms with van der Waals surface area (Å²) in [6.07, 6.45) is -0.316. The van der Waals surface area contributed by atoms with Crippen molar-refractivity contribution in [2.45, 2.75) is 58.3 Å². The van der Waals surface area contributed by atoms with Crippen LogP contribution >= 0.6 is 0 Å². The first-order valence-corrected chi connectivity index (χ1v) is 10.8. The molecule has 186 valence electrons. The molecule has 0 saturated carbocycles. The SMILES string of the molecule is CC(C)(C)OC(=O)NCCCCC(NC(=O)OCc1ccccc1)C(=O)On1c(O)ccc1O. The van der Waals surface area contributed by atoms with Gasteiger partial charge in [-0.3, -0.25) is 0 Å². The summed E-state index contributed by atoms with van der Waals surface area (Å²) >= 11 is 0. The minimum absolute atomic E-state index is 0.00737. The first-order chi connectivity index (χ1) is 16.0. The molecule has 0 aliphatic rings. The van der Waals surface area contributed by atoms with E-state index in [2.05, 4.69) is 10.6 Å². The number of carbonyl (C=O) groups is 3. The maximum Gasteiger partial charge on any atom is 0.408 e. The van der Waals surface area contributed by atoms with Crippen molar-refractivity contribution in [3.05, 3.63) is 48.0 Å². The maximum atomic E-state index is 12.6. The predicted octanol–water partition coefficient (Wildman–Crippen LogP) is 2.84. The lowest BCUT2D eigenvalue weighted by atomic mass is 10.1. The van der Waals surface area contributed by atoms with Crippen LogP contribution in [0.2, 0.25) is 0 Å². The van der Waals surface area contributed by atoms with Gasteiger partial charge in [-0.25, -0.2) is 14.4 Å². The van der Waals surface area contributed by atoms with Gasteiger partial charge >= 0.3 is 18.2 Å². The molecule has 2 rings (SSSR count). The van der Waals surface area contributed by atoms with Crippen LogP contribution < -0.4 is 15.5 Å². The minimum Gasteiger partial charge on any atom is -0.492 e. The van der Waals surface area contributed by atoms with Crippen LogP contribution in [0.5, 0.6) is 11.8 Å². The smallest absolute Gasteiger partial charge is 0.408 e. The highest BCUT2D eigenvalue weighted by Crippen LogP contribution is 2.19. The average Bonchev–Trinajstić information content (AvgIpc) is 3.08. The molecule has 0 radical (unpaired) electrons. The van der Waals surface area contributed by atoms with Crippen molar-refractivity contribution in [3.8, 4) is 11.8 Å². The molecule has 1 aromatic carbocycles. The summed E-state index contributed by atoms with van der Waals surface area (Å²) in [6, 6.07) is 10.2. The zero-order valence-electron chi connectivity index (χ0n) is 19.4. The van der Waals surface area contributed by atoms with Crippen LogP contribution in [0.15, 0.2) is 42.5 Å². The molecule has 0 fully saturated rings. The Labute approximate surface area is 197 Å². The first kappa shape index (κ1) is 26.4. The summed E-state index contributed by atoms with van der Waals surface area (Å²) in [5.74, 6) is -1.89. The van der Waals surface area contributed by atoms with Gasteiger partial charge < -0.3 is 35.2 Å². The third-order valence-corrected chi connectivity index (χ3v) is 4.36. The average molecular weight is 478 g/mol. The summed E-state index contributed by atoms with van der Waals surface area (Å²) < 4.78 is 10.9. The Kier molecular flexibility index (Phi) is 9.60. The number of carbonyl (C=O) groups excluding carboxylic acids is 3. The zero-order valence-corrected chi connectivity index (χ0v) is 19.4. The number of rotatable bonds is 10. The van der Waals surface area contributed by atoms with Gasteiger partial charge in [-0.2, -0.15) is 0 Å². The van der Waals surface area contributed by atoms with Gasteiger partial charge in [-0.15, -0.1) is 4.73 Å². The maximum absolute atomic E-state index is 12.6. The molecule has 2 aromatic rings. The molecular formula is C23H31N3O8. The fourth-order valence-corrected chi connectivity index (χ4v) is 2.78. The van der Waals surface area contributed by atoms with E-state index in [9.17, 15) is 24.6 Å². The molecule has 0 aliphatic heterocycles. The Hall–Kier alpha value is -3.89. The van der Waals surface area contributed by atoms with Gasteiger partial charge in [0, 0.05) is 18.7 Å². The molecule has 2 amide bonds. The van der Waals surface area contributed by atoms with E-state index in [1.807, 2.05) is 6.07 Å². The van der Waals surface area contributed by atoms with Gasteiger partial charge in [0.15, 0.2) is 0 Å². The number of nitrogens with one attached hydrogen (secondary N) is 2. The molecule has 0 spiro atoms. The number of nitrogens with zero attached hydrogens (tertiary/aromatic N) is 1. The van der Waals surface area contributed by atoms with Crippen molar-refractivity contribution in [3.63, 3.8) is 0 Å². The molecule has 4 N–H and O–H groups in total. The van der Waals surface area contributed by atoms with Crippen LogP contribution in [-0.2, 0) is 20.9 Å². The number of ether oxygens (including phenoxy) is 2. The summed E-state index contributed by atoms with van der Waals surface area (Å²) in [6.45, 7) is 5.57. The Balaban J connectivity index is 1.90. The van der Waals surface area contributed by atoms with Crippen LogP contribution in [0, 0.1) is 0 Å². The van der Waals surface area contributed by atoms with Gasteiger partial charge in [0.05, 0.1) is 0 Å². The van der Waals surface area contributed by atoms with Gasteiger partial charge in [0.1, 0.15) is 18.2 Å². The summed E-state index contributed by atoms with van der Waals surface area (Å²) in [5, 5.41) is 24.4. The van der Waals surface area contributed by atoms with Crippen molar-refractivity contribution in [1.82, 2.24) is 15.4 Å². The molecule has 1 unspecified atom stereocenters. The molecule has 0 bridgehead atoms. The van der Waals surface area contributed by atoms with E-state index < -0.39 is 41.6 Å². The van der Waals surface area contributed by atoms with Gasteiger partial charge in [0.2, 0.25) is 11.8 Å². The summed E-state index contributed by atoms with van der Waals surface area (Å²) in [7, 11) is 0. The monoisotopic (exact) mass is 477 g/mol. The number of aromatic hydroxyl groups is 2. The molecule has 34 heavy (non-hydrogen) atoms. The molecule has 1 atom stereocenters. The van der Waals surface area contributed by atoms with Gasteiger partial charge in [-0.1, -0.05) is 30.3 Å². The van der Waals surface area contributed by atoms with E-state index in [1.165, 1.54) is 0 Å². The number of benzene rings is 1. The van der Waals surface area contributed by atoms with Crippen LogP contribution in [0.25, 0.3) is 0 Å². The van der Waals surface area contributed by atoms with E-state index in [4.69, 9.17) is 14.3 Å². The third kappa shape index (κ3) is 9.31. The highest BCUT2D eigenvalue weighted by molar-refractivity contribution is 5.81. The molecule has 11 heteroatoms. The lowest BCUT2D eigenvalue weighted by molar-refractivity contribution is -0.148. The summed E-state index contributed by atoms with van der Waals surface area (Å²) in [4.78, 5) is 41.6.